The first-order valence-corrected chi connectivity index (χ1v) is 8.57. The second kappa shape index (κ2) is 8.17. The van der Waals surface area contributed by atoms with Crippen LogP contribution in [0.2, 0.25) is 0 Å². The van der Waals surface area contributed by atoms with Crippen LogP contribution in [-0.4, -0.2) is 35.2 Å². The summed E-state index contributed by atoms with van der Waals surface area (Å²) in [5.74, 6) is -2.78. The minimum Gasteiger partial charge on any atom is -0.478 e. The molecule has 1 saturated heterocycles. The van der Waals surface area contributed by atoms with Gasteiger partial charge >= 0.3 is 17.9 Å². The molecule has 1 heterocycles. The molecule has 0 aromatic heterocycles. The molecule has 2 rings (SSSR count). The minimum atomic E-state index is -1.07. The summed E-state index contributed by atoms with van der Waals surface area (Å²) in [6.45, 7) is 9.01. The molecule has 140 valence electrons. The maximum Gasteiger partial charge on any atom is 0.334 e. The largest absolute Gasteiger partial charge is 0.478 e. The molecule has 0 aromatic carbocycles. The quantitative estimate of drug-likeness (QED) is 0.472. The van der Waals surface area contributed by atoms with Gasteiger partial charge in [-0.25, -0.2) is 14.4 Å². The van der Waals surface area contributed by atoms with Gasteiger partial charge in [-0.1, -0.05) is 24.3 Å². The van der Waals surface area contributed by atoms with Crippen molar-refractivity contribution in [3.63, 3.8) is 0 Å². The molecular weight excluding hydrogens is 336 g/mol. The number of aliphatic carboxylic acids is 1. The van der Waals surface area contributed by atoms with Gasteiger partial charge in [0.15, 0.2) is 0 Å². The van der Waals surface area contributed by atoms with Gasteiger partial charge < -0.3 is 14.6 Å². The molecule has 1 aliphatic heterocycles. The lowest BCUT2D eigenvalue weighted by atomic mass is 9.85. The number of fused-ring (bicyclic) bond motifs is 1. The fraction of sp³-hybridized carbons (Fsp3) is 0.450. The van der Waals surface area contributed by atoms with Crippen LogP contribution in [0.15, 0.2) is 47.1 Å². The van der Waals surface area contributed by atoms with E-state index in [4.69, 9.17) is 9.47 Å². The number of allylic oxidation sites excluding steroid dienone is 3. The van der Waals surface area contributed by atoms with Crippen LogP contribution in [-0.2, 0) is 23.9 Å². The first-order valence-electron chi connectivity index (χ1n) is 8.57. The van der Waals surface area contributed by atoms with Crippen molar-refractivity contribution >= 4 is 17.9 Å². The van der Waals surface area contributed by atoms with E-state index in [0.29, 0.717) is 18.4 Å². The zero-order valence-electron chi connectivity index (χ0n) is 15.3. The highest BCUT2D eigenvalue weighted by Gasteiger charge is 2.45. The van der Waals surface area contributed by atoms with E-state index >= 15 is 0 Å². The van der Waals surface area contributed by atoms with Crippen LogP contribution in [0, 0.1) is 5.92 Å². The highest BCUT2D eigenvalue weighted by Crippen LogP contribution is 2.36. The molecule has 0 aromatic rings. The minimum absolute atomic E-state index is 0.0121. The Morgan fingerprint density at radius 2 is 2.12 bits per heavy atom. The number of hydrogen-bond acceptors (Lipinski definition) is 5. The third kappa shape index (κ3) is 4.31. The van der Waals surface area contributed by atoms with Gasteiger partial charge in [0.2, 0.25) is 0 Å². The first kappa shape index (κ1) is 19.7. The molecule has 0 amide bonds. The van der Waals surface area contributed by atoms with Gasteiger partial charge in [-0.05, 0) is 39.7 Å². The van der Waals surface area contributed by atoms with Crippen LogP contribution >= 0.6 is 0 Å². The summed E-state index contributed by atoms with van der Waals surface area (Å²) >= 11 is 0. The molecule has 0 saturated carbocycles. The summed E-state index contributed by atoms with van der Waals surface area (Å²) in [7, 11) is 0. The lowest BCUT2D eigenvalue weighted by molar-refractivity contribution is -0.148. The molecule has 0 spiro atoms. The number of carboxylic acid groups (broad SMARTS) is 1. The third-order valence-corrected chi connectivity index (χ3v) is 4.75. The molecule has 0 unspecified atom stereocenters. The van der Waals surface area contributed by atoms with E-state index in [2.05, 4.69) is 6.58 Å². The molecule has 6 heteroatoms. The Morgan fingerprint density at radius 3 is 2.73 bits per heavy atom. The number of rotatable bonds is 3. The maximum atomic E-state index is 12.3. The van der Waals surface area contributed by atoms with Gasteiger partial charge in [-0.3, -0.25) is 0 Å². The van der Waals surface area contributed by atoms with Gasteiger partial charge in [0.05, 0.1) is 5.92 Å². The van der Waals surface area contributed by atoms with Crippen LogP contribution in [0.5, 0.6) is 0 Å². The van der Waals surface area contributed by atoms with Crippen molar-refractivity contribution in [2.45, 2.75) is 52.2 Å². The maximum absolute atomic E-state index is 12.3. The average molecular weight is 360 g/mol. The monoisotopic (exact) mass is 360 g/mol. The zero-order valence-corrected chi connectivity index (χ0v) is 15.3. The third-order valence-electron chi connectivity index (χ3n) is 4.75. The van der Waals surface area contributed by atoms with E-state index in [1.807, 2.05) is 13.0 Å². The van der Waals surface area contributed by atoms with Gasteiger partial charge in [0.1, 0.15) is 12.2 Å². The predicted molar refractivity (Wildman–Crippen MR) is 95.1 cm³/mol. The van der Waals surface area contributed by atoms with Gasteiger partial charge in [0, 0.05) is 23.1 Å². The molecule has 26 heavy (non-hydrogen) atoms. The van der Waals surface area contributed by atoms with Gasteiger partial charge in [0.25, 0.3) is 0 Å². The smallest absolute Gasteiger partial charge is 0.334 e. The molecule has 1 N–H and O–H groups in total. The Morgan fingerprint density at radius 1 is 1.42 bits per heavy atom. The Labute approximate surface area is 152 Å². The number of ether oxygens (including phenoxy) is 2. The van der Waals surface area contributed by atoms with Crippen molar-refractivity contribution in [1.29, 1.82) is 0 Å². The molecule has 0 bridgehead atoms. The lowest BCUT2D eigenvalue weighted by Gasteiger charge is -2.27. The summed E-state index contributed by atoms with van der Waals surface area (Å²) in [6.07, 6.45) is 4.81. The van der Waals surface area contributed by atoms with Crippen LogP contribution in [0.1, 0.15) is 40.0 Å². The Balaban J connectivity index is 2.46. The van der Waals surface area contributed by atoms with E-state index in [9.17, 15) is 19.5 Å². The fourth-order valence-electron chi connectivity index (χ4n) is 3.08. The topological polar surface area (TPSA) is 89.9 Å². The van der Waals surface area contributed by atoms with Crippen LogP contribution in [0.3, 0.4) is 0 Å². The van der Waals surface area contributed by atoms with Crippen LogP contribution in [0.25, 0.3) is 0 Å². The van der Waals surface area contributed by atoms with E-state index in [0.717, 1.165) is 5.57 Å². The molecule has 6 nitrogen and oxygen atoms in total. The second-order valence-electron chi connectivity index (χ2n) is 6.63. The molecular formula is C20H24O6. The summed E-state index contributed by atoms with van der Waals surface area (Å²) in [5, 5.41) is 9.49. The van der Waals surface area contributed by atoms with Crippen molar-refractivity contribution in [3.8, 4) is 0 Å². The number of carboxylic acids is 1. The average Bonchev–Trinajstić information content (AvgIpc) is 2.85. The van der Waals surface area contributed by atoms with Crippen molar-refractivity contribution in [1.82, 2.24) is 0 Å². The summed E-state index contributed by atoms with van der Waals surface area (Å²) in [4.78, 5) is 35.9. The number of carbonyl (C=O) groups is 3. The first-order chi connectivity index (χ1) is 12.2. The normalized spacial score (nSPS) is 31.0. The number of carbonyl (C=O) groups excluding carboxylic acids is 2. The standard InChI is InChI=1S/C20H24O6/c1-5-12(3)19(23)25-16-10-14(18(21)22)8-6-7-11(2)9-15-17(16)13(4)20(24)26-15/h5,8-9,15-17H,4,6-7,10H2,1-3H3,(H,21,22)/b11-9+,12-5-,14-8-/t15-,16-,17+/m1/s1. The van der Waals surface area contributed by atoms with Crippen LogP contribution < -0.4 is 0 Å². The van der Waals surface area contributed by atoms with Crippen molar-refractivity contribution < 1.29 is 29.0 Å². The van der Waals surface area contributed by atoms with Crippen molar-refractivity contribution in [2.24, 2.45) is 5.92 Å². The van der Waals surface area contributed by atoms with Crippen LogP contribution in [0.4, 0.5) is 0 Å². The SMILES string of the molecule is C=C1C(=O)O[C@@H]2/C=C(\C)CC/C=C(\C(=O)O)C[C@@H](OC(=O)/C(C)=C\C)[C@@H]12. The Bertz CT molecular complexity index is 725. The fourth-order valence-corrected chi connectivity index (χ4v) is 3.08. The Hall–Kier alpha value is -2.63. The molecule has 0 radical (unpaired) electrons. The molecule has 3 atom stereocenters. The predicted octanol–water partition coefficient (Wildman–Crippen LogP) is 3.10. The van der Waals surface area contributed by atoms with Crippen molar-refractivity contribution in [2.75, 3.05) is 0 Å². The number of esters is 2. The molecule has 1 aliphatic carbocycles. The summed E-state index contributed by atoms with van der Waals surface area (Å²) < 4.78 is 11.0. The van der Waals surface area contributed by atoms with Gasteiger partial charge in [-0.2, -0.15) is 0 Å². The van der Waals surface area contributed by atoms with E-state index < -0.39 is 36.0 Å². The summed E-state index contributed by atoms with van der Waals surface area (Å²) in [6, 6.07) is 0. The highest BCUT2D eigenvalue weighted by molar-refractivity contribution is 5.92. The Kier molecular flexibility index (Phi) is 6.18. The van der Waals surface area contributed by atoms with Gasteiger partial charge in [-0.15, -0.1) is 0 Å². The highest BCUT2D eigenvalue weighted by atomic mass is 16.6. The van der Waals surface area contributed by atoms with E-state index in [1.54, 1.807) is 26.0 Å². The van der Waals surface area contributed by atoms with E-state index in [1.165, 1.54) is 0 Å². The van der Waals surface area contributed by atoms with Crippen molar-refractivity contribution in [3.05, 3.63) is 47.1 Å². The summed E-state index contributed by atoms with van der Waals surface area (Å²) in [5.41, 5.74) is 1.73. The molecule has 2 aliphatic rings. The zero-order chi connectivity index (χ0) is 19.4. The second-order valence-corrected chi connectivity index (χ2v) is 6.63. The lowest BCUT2D eigenvalue weighted by Crippen LogP contribution is -2.34. The molecule has 1 fully saturated rings. The number of hydrogen-bond donors (Lipinski definition) is 1. The van der Waals surface area contributed by atoms with E-state index in [-0.39, 0.29) is 17.6 Å².